The highest BCUT2D eigenvalue weighted by Crippen LogP contribution is 2.14. The molecule has 24 heavy (non-hydrogen) atoms. The molecule has 0 bridgehead atoms. The smallest absolute Gasteiger partial charge is 0.261 e. The Morgan fingerprint density at radius 1 is 1.17 bits per heavy atom. The molecule has 1 heterocycles. The fraction of sp³-hybridized carbons (Fsp3) is 0.333. The fourth-order valence-electron chi connectivity index (χ4n) is 2.48. The van der Waals surface area contributed by atoms with Crippen molar-refractivity contribution >= 4 is 18.3 Å². The predicted molar refractivity (Wildman–Crippen MR) is 99.5 cm³/mol. The highest BCUT2D eigenvalue weighted by Gasteiger charge is 2.16. The lowest BCUT2D eigenvalue weighted by molar-refractivity contribution is 0.0932. The Labute approximate surface area is 148 Å². The van der Waals surface area contributed by atoms with Crippen molar-refractivity contribution < 1.29 is 4.79 Å². The number of hydrogen-bond acceptors (Lipinski definition) is 3. The van der Waals surface area contributed by atoms with Crippen molar-refractivity contribution in [1.29, 1.82) is 0 Å². The van der Waals surface area contributed by atoms with Crippen molar-refractivity contribution in [3.8, 4) is 11.3 Å². The summed E-state index contributed by atoms with van der Waals surface area (Å²) in [6, 6.07) is 12.7. The number of aromatic amines is 1. The van der Waals surface area contributed by atoms with Crippen molar-refractivity contribution in [2.24, 2.45) is 11.7 Å². The molecule has 1 amide bonds. The molecule has 2 aromatic rings. The molecule has 4 N–H and O–H groups in total. The first kappa shape index (κ1) is 19.9. The van der Waals surface area contributed by atoms with Crippen LogP contribution < -0.4 is 16.6 Å². The number of nitrogens with two attached hydrogens (primary N) is 1. The number of hydrogen-bond donors (Lipinski definition) is 3. The summed E-state index contributed by atoms with van der Waals surface area (Å²) in [5, 5.41) is 2.83. The summed E-state index contributed by atoms with van der Waals surface area (Å²) < 4.78 is 0. The van der Waals surface area contributed by atoms with E-state index < -0.39 is 5.56 Å². The van der Waals surface area contributed by atoms with Gasteiger partial charge in [-0.3, -0.25) is 9.59 Å². The molecule has 1 aromatic heterocycles. The average Bonchev–Trinajstić information content (AvgIpc) is 2.54. The predicted octanol–water partition coefficient (Wildman–Crippen LogP) is 2.57. The van der Waals surface area contributed by atoms with Gasteiger partial charge in [0.2, 0.25) is 0 Å². The van der Waals surface area contributed by atoms with Crippen molar-refractivity contribution in [3.05, 3.63) is 58.4 Å². The van der Waals surface area contributed by atoms with Crippen LogP contribution >= 0.6 is 12.4 Å². The third kappa shape index (κ3) is 5.22. The van der Waals surface area contributed by atoms with E-state index in [1.807, 2.05) is 30.3 Å². The third-order valence-corrected chi connectivity index (χ3v) is 3.61. The van der Waals surface area contributed by atoms with Crippen LogP contribution in [0.4, 0.5) is 0 Å². The van der Waals surface area contributed by atoms with Gasteiger partial charge in [0.05, 0.1) is 0 Å². The quantitative estimate of drug-likeness (QED) is 0.748. The minimum Gasteiger partial charge on any atom is -0.348 e. The molecule has 0 saturated heterocycles. The minimum absolute atomic E-state index is 0. The lowest BCUT2D eigenvalue weighted by Crippen LogP contribution is -2.42. The Bertz CT molecular complexity index is 714. The fourth-order valence-corrected chi connectivity index (χ4v) is 2.48. The molecule has 0 fully saturated rings. The number of aromatic nitrogens is 1. The molecule has 0 saturated carbocycles. The molecule has 1 atom stereocenters. The molecule has 6 heteroatoms. The second kappa shape index (κ2) is 9.25. The van der Waals surface area contributed by atoms with E-state index in [-0.39, 0.29) is 29.9 Å². The number of halogens is 1. The van der Waals surface area contributed by atoms with Crippen LogP contribution in [0, 0.1) is 5.92 Å². The average molecular weight is 350 g/mol. The Kier molecular flexibility index (Phi) is 7.68. The Hall–Kier alpha value is -2.11. The second-order valence-electron chi connectivity index (χ2n) is 6.02. The Morgan fingerprint density at radius 3 is 2.38 bits per heavy atom. The van der Waals surface area contributed by atoms with Gasteiger partial charge in [-0.1, -0.05) is 44.2 Å². The molecule has 0 aliphatic rings. The number of amides is 1. The first-order valence-electron chi connectivity index (χ1n) is 7.81. The van der Waals surface area contributed by atoms with Crippen molar-refractivity contribution in [3.63, 3.8) is 0 Å². The monoisotopic (exact) mass is 349 g/mol. The molecule has 0 spiro atoms. The number of benzene rings is 1. The van der Waals surface area contributed by atoms with Crippen molar-refractivity contribution in [2.75, 3.05) is 6.54 Å². The van der Waals surface area contributed by atoms with Gasteiger partial charge in [-0.2, -0.15) is 0 Å². The minimum atomic E-state index is -0.399. The molecular formula is C18H24ClN3O2. The summed E-state index contributed by atoms with van der Waals surface area (Å²) in [7, 11) is 0. The zero-order valence-electron chi connectivity index (χ0n) is 13.9. The van der Waals surface area contributed by atoms with Gasteiger partial charge in [0.15, 0.2) is 0 Å². The molecule has 5 nitrogen and oxygen atoms in total. The van der Waals surface area contributed by atoms with E-state index in [0.717, 1.165) is 12.0 Å². The van der Waals surface area contributed by atoms with Gasteiger partial charge in [0, 0.05) is 18.3 Å². The summed E-state index contributed by atoms with van der Waals surface area (Å²) in [6.45, 7) is 4.48. The molecule has 2 rings (SSSR count). The van der Waals surface area contributed by atoms with E-state index >= 15 is 0 Å². The lowest BCUT2D eigenvalue weighted by Gasteiger charge is -2.18. The number of carbonyl (C=O) groups excluding carboxylic acids is 1. The van der Waals surface area contributed by atoms with Gasteiger partial charge in [-0.05, 0) is 30.0 Å². The van der Waals surface area contributed by atoms with Gasteiger partial charge in [-0.25, -0.2) is 0 Å². The number of carbonyl (C=O) groups is 1. The van der Waals surface area contributed by atoms with Crippen LogP contribution in [0.2, 0.25) is 0 Å². The second-order valence-corrected chi connectivity index (χ2v) is 6.02. The molecule has 0 radical (unpaired) electrons. The largest absolute Gasteiger partial charge is 0.348 e. The zero-order chi connectivity index (χ0) is 16.8. The Morgan fingerprint density at radius 2 is 1.83 bits per heavy atom. The lowest BCUT2D eigenvalue weighted by atomic mass is 10.0. The summed E-state index contributed by atoms with van der Waals surface area (Å²) >= 11 is 0. The van der Waals surface area contributed by atoms with E-state index in [1.54, 1.807) is 12.1 Å². The van der Waals surface area contributed by atoms with Crippen LogP contribution in [0.5, 0.6) is 0 Å². The summed E-state index contributed by atoms with van der Waals surface area (Å²) in [4.78, 5) is 27.2. The Balaban J connectivity index is 0.00000288. The van der Waals surface area contributed by atoms with Crippen LogP contribution in [-0.2, 0) is 0 Å². The molecule has 0 aliphatic heterocycles. The molecule has 1 unspecified atom stereocenters. The number of nitrogens with one attached hydrogen (secondary N) is 2. The highest BCUT2D eigenvalue weighted by molar-refractivity contribution is 5.94. The van der Waals surface area contributed by atoms with Gasteiger partial charge in [0.25, 0.3) is 11.5 Å². The molecule has 1 aromatic carbocycles. The summed E-state index contributed by atoms with van der Waals surface area (Å²) in [5.74, 6) is 0.0320. The molecular weight excluding hydrogens is 326 g/mol. The van der Waals surface area contributed by atoms with E-state index in [2.05, 4.69) is 24.1 Å². The van der Waals surface area contributed by atoms with Crippen molar-refractivity contribution in [2.45, 2.75) is 26.3 Å². The van der Waals surface area contributed by atoms with Crippen LogP contribution in [0.15, 0.2) is 47.3 Å². The summed E-state index contributed by atoms with van der Waals surface area (Å²) in [5.41, 5.74) is 6.97. The maximum atomic E-state index is 12.3. The van der Waals surface area contributed by atoms with E-state index in [4.69, 9.17) is 5.73 Å². The van der Waals surface area contributed by atoms with E-state index in [0.29, 0.717) is 18.2 Å². The van der Waals surface area contributed by atoms with Gasteiger partial charge in [0.1, 0.15) is 5.56 Å². The van der Waals surface area contributed by atoms with Crippen LogP contribution in [0.1, 0.15) is 30.6 Å². The number of H-pyrrole nitrogens is 1. The first-order chi connectivity index (χ1) is 11.0. The van der Waals surface area contributed by atoms with Gasteiger partial charge < -0.3 is 16.0 Å². The van der Waals surface area contributed by atoms with E-state index in [9.17, 15) is 9.59 Å². The standard InChI is InChI=1S/C18H23N3O2.ClH/c1-12(2)10-14(11-19)20-17(22)15-8-9-16(21-18(15)23)13-6-4-3-5-7-13;/h3-9,12,14H,10-11,19H2,1-2H3,(H,20,22)(H,21,23);1H. The van der Waals surface area contributed by atoms with Gasteiger partial charge in [-0.15, -0.1) is 12.4 Å². The topological polar surface area (TPSA) is 88.0 Å². The summed E-state index contributed by atoms with van der Waals surface area (Å²) in [6.07, 6.45) is 0.780. The van der Waals surface area contributed by atoms with Crippen LogP contribution in [0.25, 0.3) is 11.3 Å². The van der Waals surface area contributed by atoms with Crippen LogP contribution in [0.3, 0.4) is 0 Å². The first-order valence-corrected chi connectivity index (χ1v) is 7.81. The van der Waals surface area contributed by atoms with E-state index in [1.165, 1.54) is 0 Å². The number of rotatable bonds is 6. The third-order valence-electron chi connectivity index (χ3n) is 3.61. The SMILES string of the molecule is CC(C)CC(CN)NC(=O)c1ccc(-c2ccccc2)[nH]c1=O.Cl. The maximum Gasteiger partial charge on any atom is 0.261 e. The zero-order valence-corrected chi connectivity index (χ0v) is 14.7. The maximum absolute atomic E-state index is 12.3. The van der Waals surface area contributed by atoms with Gasteiger partial charge >= 0.3 is 0 Å². The number of pyridine rings is 1. The normalized spacial score (nSPS) is 11.7. The van der Waals surface area contributed by atoms with Crippen molar-refractivity contribution in [1.82, 2.24) is 10.3 Å². The highest BCUT2D eigenvalue weighted by atomic mass is 35.5. The molecule has 130 valence electrons. The van der Waals surface area contributed by atoms with Crippen LogP contribution in [-0.4, -0.2) is 23.5 Å². The molecule has 0 aliphatic carbocycles.